The fraction of sp³-hybridized carbons (Fsp3) is 0.600. The molecule has 0 bridgehead atoms. The summed E-state index contributed by atoms with van der Waals surface area (Å²) in [5, 5.41) is 18.6. The van der Waals surface area contributed by atoms with Crippen LogP contribution in [0.25, 0.3) is 0 Å². The summed E-state index contributed by atoms with van der Waals surface area (Å²) in [6.45, 7) is 4.12. The van der Waals surface area contributed by atoms with Gasteiger partial charge < -0.3 is 16.2 Å². The van der Waals surface area contributed by atoms with Crippen LogP contribution in [0, 0.1) is 5.41 Å². The molecule has 0 aliphatic carbocycles. The van der Waals surface area contributed by atoms with E-state index in [2.05, 4.69) is 5.32 Å². The van der Waals surface area contributed by atoms with Crippen molar-refractivity contribution in [2.75, 3.05) is 6.54 Å². The lowest BCUT2D eigenvalue weighted by Crippen LogP contribution is -2.31. The van der Waals surface area contributed by atoms with Crippen molar-refractivity contribution >= 4 is 11.8 Å². The van der Waals surface area contributed by atoms with Gasteiger partial charge in [0.2, 0.25) is 0 Å². The number of carboxylic acid groups (broad SMARTS) is 1. The highest BCUT2D eigenvalue weighted by Gasteiger charge is 2.12. The molecule has 0 spiro atoms. The lowest BCUT2D eigenvalue weighted by molar-refractivity contribution is -0.137. The number of amidine groups is 1. The number of hydrogen-bond acceptors (Lipinski definition) is 3. The van der Waals surface area contributed by atoms with Crippen molar-refractivity contribution < 1.29 is 9.90 Å². The predicted octanol–water partition coefficient (Wildman–Crippen LogP) is 0.712. The monoisotopic (exact) mass is 213 g/mol. The predicted molar refractivity (Wildman–Crippen MR) is 60.0 cm³/mol. The van der Waals surface area contributed by atoms with Crippen LogP contribution in [0.3, 0.4) is 0 Å². The van der Waals surface area contributed by atoms with Gasteiger partial charge in [-0.2, -0.15) is 0 Å². The van der Waals surface area contributed by atoms with E-state index in [1.165, 1.54) is 0 Å². The second-order valence-corrected chi connectivity index (χ2v) is 3.46. The number of aliphatic carboxylic acids is 1. The molecule has 0 amide bonds. The smallest absolute Gasteiger partial charge is 0.324 e. The second-order valence-electron chi connectivity index (χ2n) is 3.46. The van der Waals surface area contributed by atoms with E-state index in [0.717, 1.165) is 19.4 Å². The van der Waals surface area contributed by atoms with Gasteiger partial charge in [0, 0.05) is 6.54 Å². The molecule has 0 heterocycles. The first-order valence-electron chi connectivity index (χ1n) is 4.89. The van der Waals surface area contributed by atoms with Gasteiger partial charge in [0.15, 0.2) is 0 Å². The van der Waals surface area contributed by atoms with E-state index in [-0.39, 0.29) is 0 Å². The normalized spacial score (nSPS) is 13.4. The Morgan fingerprint density at radius 1 is 1.60 bits per heavy atom. The summed E-state index contributed by atoms with van der Waals surface area (Å²) < 4.78 is 0. The van der Waals surface area contributed by atoms with Crippen LogP contribution in [0.2, 0.25) is 0 Å². The zero-order valence-electron chi connectivity index (χ0n) is 9.21. The molecule has 86 valence electrons. The van der Waals surface area contributed by atoms with Gasteiger partial charge in [-0.15, -0.1) is 0 Å². The minimum Gasteiger partial charge on any atom is -0.480 e. The van der Waals surface area contributed by atoms with E-state index in [1.54, 1.807) is 13.8 Å². The average molecular weight is 213 g/mol. The van der Waals surface area contributed by atoms with Gasteiger partial charge in [0.05, 0.1) is 5.84 Å². The Kier molecular flexibility index (Phi) is 6.37. The van der Waals surface area contributed by atoms with Gasteiger partial charge in [0.25, 0.3) is 0 Å². The number of hydrogen-bond donors (Lipinski definition) is 4. The Hall–Kier alpha value is -1.36. The number of rotatable bonds is 6. The molecule has 5 N–H and O–H groups in total. The van der Waals surface area contributed by atoms with Gasteiger partial charge in [-0.25, -0.2) is 0 Å². The third kappa shape index (κ3) is 6.68. The molecular weight excluding hydrogens is 194 g/mol. The fourth-order valence-electron chi connectivity index (χ4n) is 1.03. The standard InChI is InChI=1S/C10H19N3O2/c1-7(9(12)10(14)15)5-3-4-6-13-8(2)11/h5,9H,3-4,6,12H2,1-2H3,(H2,11,13)(H,14,15)/b7-5+. The highest BCUT2D eigenvalue weighted by Crippen LogP contribution is 2.02. The number of allylic oxidation sites excluding steroid dienone is 1. The molecule has 0 saturated heterocycles. The third-order valence-electron chi connectivity index (χ3n) is 1.99. The maximum atomic E-state index is 10.5. The number of nitrogens with one attached hydrogen (secondary N) is 2. The van der Waals surface area contributed by atoms with Crippen LogP contribution < -0.4 is 11.1 Å². The molecule has 1 unspecified atom stereocenters. The molecule has 0 radical (unpaired) electrons. The quantitative estimate of drug-likeness (QED) is 0.226. The summed E-state index contributed by atoms with van der Waals surface area (Å²) >= 11 is 0. The van der Waals surface area contributed by atoms with Crippen LogP contribution in [0.4, 0.5) is 0 Å². The maximum Gasteiger partial charge on any atom is 0.324 e. The van der Waals surface area contributed by atoms with E-state index in [1.807, 2.05) is 6.08 Å². The zero-order chi connectivity index (χ0) is 11.8. The van der Waals surface area contributed by atoms with E-state index >= 15 is 0 Å². The van der Waals surface area contributed by atoms with Crippen molar-refractivity contribution in [3.05, 3.63) is 11.6 Å². The van der Waals surface area contributed by atoms with E-state index in [0.29, 0.717) is 11.4 Å². The van der Waals surface area contributed by atoms with Crippen molar-refractivity contribution in [3.8, 4) is 0 Å². The number of nitrogens with two attached hydrogens (primary N) is 1. The van der Waals surface area contributed by atoms with Gasteiger partial charge >= 0.3 is 5.97 Å². The molecule has 15 heavy (non-hydrogen) atoms. The molecule has 5 nitrogen and oxygen atoms in total. The molecule has 0 aliphatic heterocycles. The first kappa shape index (κ1) is 13.6. The maximum absolute atomic E-state index is 10.5. The number of carboxylic acids is 1. The van der Waals surface area contributed by atoms with E-state index in [4.69, 9.17) is 16.2 Å². The molecule has 0 aromatic rings. The van der Waals surface area contributed by atoms with Gasteiger partial charge in [-0.1, -0.05) is 6.08 Å². The van der Waals surface area contributed by atoms with Crippen LogP contribution in [0.1, 0.15) is 26.7 Å². The molecule has 0 rings (SSSR count). The fourth-order valence-corrected chi connectivity index (χ4v) is 1.03. The Labute approximate surface area is 89.9 Å². The molecular formula is C10H19N3O2. The summed E-state index contributed by atoms with van der Waals surface area (Å²) in [7, 11) is 0. The zero-order valence-corrected chi connectivity index (χ0v) is 9.21. The Morgan fingerprint density at radius 3 is 2.67 bits per heavy atom. The van der Waals surface area contributed by atoms with Gasteiger partial charge in [-0.3, -0.25) is 10.2 Å². The number of unbranched alkanes of at least 4 members (excludes halogenated alkanes) is 1. The summed E-state index contributed by atoms with van der Waals surface area (Å²) in [5.41, 5.74) is 6.08. The van der Waals surface area contributed by atoms with Crippen molar-refractivity contribution in [1.82, 2.24) is 5.32 Å². The average Bonchev–Trinajstić information content (AvgIpc) is 2.15. The SMILES string of the molecule is CC(=N)NCCC/C=C(\C)C(N)C(=O)O. The Balaban J connectivity index is 3.76. The van der Waals surface area contributed by atoms with Gasteiger partial charge in [-0.05, 0) is 32.3 Å². The topological polar surface area (TPSA) is 99.2 Å². The van der Waals surface area contributed by atoms with Crippen molar-refractivity contribution in [3.63, 3.8) is 0 Å². The van der Waals surface area contributed by atoms with Crippen molar-refractivity contribution in [2.45, 2.75) is 32.7 Å². The van der Waals surface area contributed by atoms with Crippen molar-refractivity contribution in [1.29, 1.82) is 5.41 Å². The Morgan fingerprint density at radius 2 is 2.20 bits per heavy atom. The minimum absolute atomic E-state index is 0.443. The second kappa shape index (κ2) is 7.00. The minimum atomic E-state index is -1.00. The Bertz CT molecular complexity index is 261. The molecule has 0 aliphatic rings. The van der Waals surface area contributed by atoms with Gasteiger partial charge in [0.1, 0.15) is 6.04 Å². The number of carbonyl (C=O) groups is 1. The lowest BCUT2D eigenvalue weighted by Gasteiger charge is -2.06. The van der Waals surface area contributed by atoms with Crippen LogP contribution in [0.5, 0.6) is 0 Å². The van der Waals surface area contributed by atoms with Crippen LogP contribution in [0.15, 0.2) is 11.6 Å². The largest absolute Gasteiger partial charge is 0.480 e. The molecule has 0 fully saturated rings. The lowest BCUT2D eigenvalue weighted by atomic mass is 10.1. The highest BCUT2D eigenvalue weighted by atomic mass is 16.4. The summed E-state index contributed by atoms with van der Waals surface area (Å²) in [4.78, 5) is 10.5. The molecule has 0 saturated carbocycles. The van der Waals surface area contributed by atoms with Crippen LogP contribution in [-0.4, -0.2) is 29.5 Å². The summed E-state index contributed by atoms with van der Waals surface area (Å²) in [6, 6.07) is -0.901. The first-order valence-corrected chi connectivity index (χ1v) is 4.89. The molecule has 1 atom stereocenters. The van der Waals surface area contributed by atoms with Crippen molar-refractivity contribution in [2.24, 2.45) is 5.73 Å². The summed E-state index contributed by atoms with van der Waals surface area (Å²) in [6.07, 6.45) is 3.47. The highest BCUT2D eigenvalue weighted by molar-refractivity contribution is 5.77. The summed E-state index contributed by atoms with van der Waals surface area (Å²) in [5.74, 6) is -0.560. The van der Waals surface area contributed by atoms with E-state index in [9.17, 15) is 4.79 Å². The van der Waals surface area contributed by atoms with E-state index < -0.39 is 12.0 Å². The van der Waals surface area contributed by atoms with Crippen LogP contribution in [-0.2, 0) is 4.79 Å². The first-order chi connectivity index (χ1) is 6.95. The van der Waals surface area contributed by atoms with Crippen LogP contribution >= 0.6 is 0 Å². The molecule has 0 aromatic heterocycles. The molecule has 0 aromatic carbocycles. The molecule has 5 heteroatoms. The third-order valence-corrected chi connectivity index (χ3v) is 1.99.